The maximum absolute atomic E-state index is 9.26. The second-order valence-electron chi connectivity index (χ2n) is 9.71. The van der Waals surface area contributed by atoms with Gasteiger partial charge in [0.25, 0.3) is 0 Å². The van der Waals surface area contributed by atoms with Gasteiger partial charge in [-0.25, -0.2) is 24.9 Å². The Morgan fingerprint density at radius 1 is 0.357 bits per heavy atom. The summed E-state index contributed by atoms with van der Waals surface area (Å²) < 4.78 is 0. The molecule has 5 aromatic carbocycles. The Labute approximate surface area is 242 Å². The lowest BCUT2D eigenvalue weighted by molar-refractivity contribution is 1.07. The maximum Gasteiger partial charge on any atom is 0.164 e. The number of hydrogen-bond acceptors (Lipinski definition) is 6. The molecule has 0 aliphatic rings. The summed E-state index contributed by atoms with van der Waals surface area (Å²) in [6.45, 7) is 0. The standard InChI is InChI=1S/C36H22N6/c37-23-24-15-17-25(18-16-24)32-33(39-31-14-8-7-13-30(31)38-32)26-19-21-29(22-20-26)36-41-34(27-9-3-1-4-10-27)40-35(42-36)28-11-5-2-6-12-28/h1-22H. The van der Waals surface area contributed by atoms with Crippen LogP contribution in [0.2, 0.25) is 0 Å². The number of nitrogens with zero attached hydrogens (tertiary/aromatic N) is 6. The topological polar surface area (TPSA) is 88.2 Å². The van der Waals surface area contributed by atoms with E-state index < -0.39 is 0 Å². The molecule has 42 heavy (non-hydrogen) atoms. The Hall–Kier alpha value is -6.06. The van der Waals surface area contributed by atoms with Gasteiger partial charge in [-0.05, 0) is 24.3 Å². The van der Waals surface area contributed by atoms with Gasteiger partial charge in [-0.15, -0.1) is 0 Å². The molecule has 0 amide bonds. The quantitative estimate of drug-likeness (QED) is 0.220. The van der Waals surface area contributed by atoms with E-state index >= 15 is 0 Å². The average molecular weight is 539 g/mol. The van der Waals surface area contributed by atoms with Crippen LogP contribution >= 0.6 is 0 Å². The van der Waals surface area contributed by atoms with Crippen LogP contribution in [0.5, 0.6) is 0 Å². The van der Waals surface area contributed by atoms with Crippen molar-refractivity contribution in [3.63, 3.8) is 0 Å². The Kier molecular flexibility index (Phi) is 6.44. The van der Waals surface area contributed by atoms with Crippen LogP contribution < -0.4 is 0 Å². The van der Waals surface area contributed by atoms with E-state index in [1.807, 2.05) is 121 Å². The number of para-hydroxylation sites is 2. The third-order valence-electron chi connectivity index (χ3n) is 6.97. The van der Waals surface area contributed by atoms with Crippen molar-refractivity contribution < 1.29 is 0 Å². The van der Waals surface area contributed by atoms with Crippen molar-refractivity contribution in [1.82, 2.24) is 24.9 Å². The van der Waals surface area contributed by atoms with Gasteiger partial charge < -0.3 is 0 Å². The van der Waals surface area contributed by atoms with Gasteiger partial charge in [0.2, 0.25) is 0 Å². The zero-order chi connectivity index (χ0) is 28.3. The van der Waals surface area contributed by atoms with Crippen molar-refractivity contribution in [3.8, 4) is 62.7 Å². The molecule has 0 fully saturated rings. The maximum atomic E-state index is 9.26. The third-order valence-corrected chi connectivity index (χ3v) is 6.97. The Balaban J connectivity index is 1.34. The molecule has 0 atom stereocenters. The zero-order valence-corrected chi connectivity index (χ0v) is 22.4. The second kappa shape index (κ2) is 10.8. The van der Waals surface area contributed by atoms with E-state index in [2.05, 4.69) is 6.07 Å². The van der Waals surface area contributed by atoms with Gasteiger partial charge >= 0.3 is 0 Å². The van der Waals surface area contributed by atoms with Gasteiger partial charge in [-0.1, -0.05) is 109 Å². The molecule has 0 radical (unpaired) electrons. The van der Waals surface area contributed by atoms with Gasteiger partial charge in [0.05, 0.1) is 34.1 Å². The summed E-state index contributed by atoms with van der Waals surface area (Å²) in [5.74, 6) is 1.82. The van der Waals surface area contributed by atoms with Crippen LogP contribution in [0.1, 0.15) is 5.56 Å². The molecule has 0 N–H and O–H groups in total. The van der Waals surface area contributed by atoms with Gasteiger partial charge in [0.1, 0.15) is 0 Å². The van der Waals surface area contributed by atoms with E-state index in [-0.39, 0.29) is 0 Å². The summed E-state index contributed by atoms with van der Waals surface area (Å²) in [7, 11) is 0. The largest absolute Gasteiger partial charge is 0.244 e. The predicted molar refractivity (Wildman–Crippen MR) is 165 cm³/mol. The molecule has 7 rings (SSSR count). The van der Waals surface area contributed by atoms with E-state index in [4.69, 9.17) is 24.9 Å². The highest BCUT2D eigenvalue weighted by molar-refractivity contribution is 5.86. The molecule has 6 heteroatoms. The number of aromatic nitrogens is 5. The van der Waals surface area contributed by atoms with E-state index in [1.54, 1.807) is 12.1 Å². The van der Waals surface area contributed by atoms with E-state index in [9.17, 15) is 5.26 Å². The summed E-state index contributed by atoms with van der Waals surface area (Å²) in [4.78, 5) is 24.5. The minimum absolute atomic E-state index is 0.589. The first-order valence-electron chi connectivity index (χ1n) is 13.5. The first-order valence-corrected chi connectivity index (χ1v) is 13.5. The fourth-order valence-electron chi connectivity index (χ4n) is 4.82. The number of hydrogen-bond donors (Lipinski definition) is 0. The minimum Gasteiger partial charge on any atom is -0.244 e. The lowest BCUT2D eigenvalue weighted by Gasteiger charge is -2.12. The van der Waals surface area contributed by atoms with Crippen molar-refractivity contribution in [2.24, 2.45) is 0 Å². The van der Waals surface area contributed by atoms with Gasteiger partial charge in [0, 0.05) is 27.8 Å². The average Bonchev–Trinajstić information content (AvgIpc) is 3.08. The normalized spacial score (nSPS) is 10.8. The molecular weight excluding hydrogens is 516 g/mol. The minimum atomic E-state index is 0.589. The zero-order valence-electron chi connectivity index (χ0n) is 22.4. The Morgan fingerprint density at radius 2 is 0.714 bits per heavy atom. The van der Waals surface area contributed by atoms with Crippen LogP contribution in [0, 0.1) is 11.3 Å². The molecule has 0 unspecified atom stereocenters. The highest BCUT2D eigenvalue weighted by Gasteiger charge is 2.16. The highest BCUT2D eigenvalue weighted by atomic mass is 15.0. The number of rotatable bonds is 5. The highest BCUT2D eigenvalue weighted by Crippen LogP contribution is 2.33. The van der Waals surface area contributed by atoms with Gasteiger partial charge in [-0.3, -0.25) is 0 Å². The summed E-state index contributed by atoms with van der Waals surface area (Å²) in [5.41, 5.74) is 8.25. The van der Waals surface area contributed by atoms with Crippen LogP contribution in [0.4, 0.5) is 0 Å². The van der Waals surface area contributed by atoms with Crippen LogP contribution in [0.15, 0.2) is 133 Å². The molecule has 7 aromatic rings. The molecule has 0 saturated heterocycles. The van der Waals surface area contributed by atoms with Crippen LogP contribution in [-0.2, 0) is 0 Å². The van der Waals surface area contributed by atoms with Crippen molar-refractivity contribution in [3.05, 3.63) is 139 Å². The molecule has 0 spiro atoms. The molecule has 0 aliphatic heterocycles. The molecule has 0 aliphatic carbocycles. The Bertz CT molecular complexity index is 2010. The Morgan fingerprint density at radius 3 is 1.14 bits per heavy atom. The van der Waals surface area contributed by atoms with E-state index in [0.29, 0.717) is 23.0 Å². The fourth-order valence-corrected chi connectivity index (χ4v) is 4.82. The molecule has 196 valence electrons. The molecular formula is C36H22N6. The van der Waals surface area contributed by atoms with E-state index in [0.717, 1.165) is 50.2 Å². The first kappa shape index (κ1) is 24.9. The molecule has 2 heterocycles. The smallest absolute Gasteiger partial charge is 0.164 e. The number of benzene rings is 5. The first-order chi connectivity index (χ1) is 20.7. The van der Waals surface area contributed by atoms with Crippen LogP contribution in [0.3, 0.4) is 0 Å². The molecule has 0 saturated carbocycles. The SMILES string of the molecule is N#Cc1ccc(-c2nc3ccccc3nc2-c2ccc(-c3nc(-c4ccccc4)nc(-c4ccccc4)n3)cc2)cc1. The lowest BCUT2D eigenvalue weighted by atomic mass is 10.0. The van der Waals surface area contributed by atoms with Crippen LogP contribution in [0.25, 0.3) is 67.7 Å². The number of fused-ring (bicyclic) bond motifs is 1. The fraction of sp³-hybridized carbons (Fsp3) is 0. The van der Waals surface area contributed by atoms with Crippen molar-refractivity contribution >= 4 is 11.0 Å². The monoisotopic (exact) mass is 538 g/mol. The van der Waals surface area contributed by atoms with Crippen LogP contribution in [-0.4, -0.2) is 24.9 Å². The van der Waals surface area contributed by atoms with Gasteiger partial charge in [0.15, 0.2) is 17.5 Å². The summed E-state index contributed by atoms with van der Waals surface area (Å²) >= 11 is 0. The summed E-state index contributed by atoms with van der Waals surface area (Å²) in [5, 5.41) is 9.26. The third kappa shape index (κ3) is 4.87. The summed E-state index contributed by atoms with van der Waals surface area (Å²) in [6.07, 6.45) is 0. The second-order valence-corrected chi connectivity index (χ2v) is 9.71. The predicted octanol–water partition coefficient (Wildman–Crippen LogP) is 8.02. The van der Waals surface area contributed by atoms with Gasteiger partial charge in [-0.2, -0.15) is 5.26 Å². The van der Waals surface area contributed by atoms with Crippen molar-refractivity contribution in [1.29, 1.82) is 5.26 Å². The molecule has 6 nitrogen and oxygen atoms in total. The molecule has 0 bridgehead atoms. The summed E-state index contributed by atoms with van der Waals surface area (Å²) in [6, 6.07) is 45.4. The van der Waals surface area contributed by atoms with Crippen molar-refractivity contribution in [2.45, 2.75) is 0 Å². The number of nitriles is 1. The van der Waals surface area contributed by atoms with Crippen molar-refractivity contribution in [2.75, 3.05) is 0 Å². The lowest BCUT2D eigenvalue weighted by Crippen LogP contribution is -2.00. The molecule has 2 aromatic heterocycles. The van der Waals surface area contributed by atoms with E-state index in [1.165, 1.54) is 0 Å².